The van der Waals surface area contributed by atoms with E-state index < -0.39 is 0 Å². The zero-order chi connectivity index (χ0) is 13.8. The lowest BCUT2D eigenvalue weighted by molar-refractivity contribution is 0.329. The van der Waals surface area contributed by atoms with Crippen LogP contribution in [0.3, 0.4) is 0 Å². The molecule has 1 aromatic carbocycles. The van der Waals surface area contributed by atoms with Gasteiger partial charge >= 0.3 is 0 Å². The first-order chi connectivity index (χ1) is 8.40. The number of hydrogen-bond acceptors (Lipinski definition) is 1. The number of hydrogen-bond donors (Lipinski definition) is 0. The highest BCUT2D eigenvalue weighted by atomic mass is 16.5. The molecule has 1 atom stereocenters. The van der Waals surface area contributed by atoms with Crippen molar-refractivity contribution in [1.82, 2.24) is 0 Å². The van der Waals surface area contributed by atoms with Crippen LogP contribution in [0.15, 0.2) is 30.9 Å². The van der Waals surface area contributed by atoms with Gasteiger partial charge in [-0.3, -0.25) is 0 Å². The molecule has 0 aliphatic carbocycles. The average molecular weight is 246 g/mol. The first-order valence-electron chi connectivity index (χ1n) is 6.78. The number of rotatable bonds is 5. The highest BCUT2D eigenvalue weighted by Crippen LogP contribution is 2.34. The molecule has 100 valence electrons. The molecule has 1 rings (SSSR count). The highest BCUT2D eigenvalue weighted by Gasteiger charge is 2.20. The summed E-state index contributed by atoms with van der Waals surface area (Å²) >= 11 is 0. The van der Waals surface area contributed by atoms with Gasteiger partial charge in [-0.05, 0) is 41.9 Å². The van der Waals surface area contributed by atoms with E-state index >= 15 is 0 Å². The van der Waals surface area contributed by atoms with Gasteiger partial charge in [0.2, 0.25) is 0 Å². The molecule has 1 nitrogen and oxygen atoms in total. The smallest absolute Gasteiger partial charge is 0.123 e. The first kappa shape index (κ1) is 14.8. The van der Waals surface area contributed by atoms with Crippen LogP contribution in [-0.2, 0) is 5.41 Å². The Labute approximate surface area is 112 Å². The van der Waals surface area contributed by atoms with E-state index in [0.717, 1.165) is 12.2 Å². The van der Waals surface area contributed by atoms with Crippen molar-refractivity contribution in [2.24, 2.45) is 0 Å². The summed E-state index contributed by atoms with van der Waals surface area (Å²) in [7, 11) is 0. The van der Waals surface area contributed by atoms with Gasteiger partial charge in [-0.15, -0.1) is 6.58 Å². The molecule has 0 bridgehead atoms. The zero-order valence-corrected chi connectivity index (χ0v) is 12.4. The van der Waals surface area contributed by atoms with Crippen LogP contribution in [0.4, 0.5) is 0 Å². The minimum Gasteiger partial charge on any atom is -0.494 e. The van der Waals surface area contributed by atoms with Crippen molar-refractivity contribution in [2.75, 3.05) is 6.61 Å². The standard InChI is InChI=1S/C17H26O/c1-7-9-13(3)14-10-11-16(18-8-2)15(12-14)17(4,5)6/h7,10-13H,1,8-9H2,2-6H3. The van der Waals surface area contributed by atoms with Crippen LogP contribution in [0.25, 0.3) is 0 Å². The van der Waals surface area contributed by atoms with E-state index in [4.69, 9.17) is 4.74 Å². The zero-order valence-electron chi connectivity index (χ0n) is 12.4. The maximum atomic E-state index is 5.74. The third kappa shape index (κ3) is 3.63. The van der Waals surface area contributed by atoms with Gasteiger partial charge < -0.3 is 4.74 Å². The van der Waals surface area contributed by atoms with Gasteiger partial charge in [-0.1, -0.05) is 45.9 Å². The minimum absolute atomic E-state index is 0.106. The molecular formula is C17H26O. The van der Waals surface area contributed by atoms with Crippen LogP contribution in [0.5, 0.6) is 5.75 Å². The Kier molecular flexibility index (Phi) is 5.01. The largest absolute Gasteiger partial charge is 0.494 e. The summed E-state index contributed by atoms with van der Waals surface area (Å²) in [5, 5.41) is 0. The fourth-order valence-corrected chi connectivity index (χ4v) is 2.11. The van der Waals surface area contributed by atoms with Gasteiger partial charge in [0.05, 0.1) is 6.61 Å². The average Bonchev–Trinajstić information content (AvgIpc) is 2.28. The lowest BCUT2D eigenvalue weighted by Gasteiger charge is -2.24. The fourth-order valence-electron chi connectivity index (χ4n) is 2.11. The van der Waals surface area contributed by atoms with Crippen molar-refractivity contribution in [1.29, 1.82) is 0 Å². The molecule has 0 saturated carbocycles. The van der Waals surface area contributed by atoms with E-state index in [2.05, 4.69) is 52.5 Å². The van der Waals surface area contributed by atoms with Crippen LogP contribution in [-0.4, -0.2) is 6.61 Å². The Morgan fingerprint density at radius 1 is 1.33 bits per heavy atom. The predicted octanol–water partition coefficient (Wildman–Crippen LogP) is 5.06. The maximum Gasteiger partial charge on any atom is 0.123 e. The molecule has 0 spiro atoms. The molecule has 0 aliphatic heterocycles. The molecule has 1 heteroatoms. The normalized spacial score (nSPS) is 13.2. The van der Waals surface area contributed by atoms with Crippen LogP contribution in [0.2, 0.25) is 0 Å². The topological polar surface area (TPSA) is 9.23 Å². The van der Waals surface area contributed by atoms with Gasteiger partial charge in [0.25, 0.3) is 0 Å². The second-order valence-electron chi connectivity index (χ2n) is 5.86. The summed E-state index contributed by atoms with van der Waals surface area (Å²) in [5.41, 5.74) is 2.76. The van der Waals surface area contributed by atoms with E-state index in [1.165, 1.54) is 11.1 Å². The van der Waals surface area contributed by atoms with Crippen molar-refractivity contribution >= 4 is 0 Å². The van der Waals surface area contributed by atoms with E-state index in [-0.39, 0.29) is 5.41 Å². The molecule has 0 heterocycles. The van der Waals surface area contributed by atoms with Crippen LogP contribution < -0.4 is 4.74 Å². The van der Waals surface area contributed by atoms with E-state index in [0.29, 0.717) is 12.5 Å². The Balaban J connectivity index is 3.16. The Hall–Kier alpha value is -1.24. The Bertz CT molecular complexity index is 399. The third-order valence-corrected chi connectivity index (χ3v) is 3.20. The molecular weight excluding hydrogens is 220 g/mol. The molecule has 0 N–H and O–H groups in total. The molecule has 18 heavy (non-hydrogen) atoms. The predicted molar refractivity (Wildman–Crippen MR) is 79.5 cm³/mol. The number of ether oxygens (including phenoxy) is 1. The molecule has 0 fully saturated rings. The number of benzene rings is 1. The molecule has 1 unspecified atom stereocenters. The molecule has 1 aromatic rings. The van der Waals surface area contributed by atoms with Gasteiger partial charge in [-0.25, -0.2) is 0 Å². The molecule has 0 aliphatic rings. The molecule has 0 aromatic heterocycles. The summed E-state index contributed by atoms with van der Waals surface area (Å²) in [4.78, 5) is 0. The quantitative estimate of drug-likeness (QED) is 0.660. The van der Waals surface area contributed by atoms with Crippen LogP contribution in [0.1, 0.15) is 58.1 Å². The van der Waals surface area contributed by atoms with Crippen LogP contribution in [0, 0.1) is 0 Å². The Morgan fingerprint density at radius 3 is 2.50 bits per heavy atom. The van der Waals surface area contributed by atoms with Crippen molar-refractivity contribution in [3.63, 3.8) is 0 Å². The van der Waals surface area contributed by atoms with Crippen LogP contribution >= 0.6 is 0 Å². The SMILES string of the molecule is C=CCC(C)c1ccc(OCC)c(C(C)(C)C)c1. The fraction of sp³-hybridized carbons (Fsp3) is 0.529. The molecule has 0 amide bonds. The van der Waals surface area contributed by atoms with Gasteiger partial charge in [-0.2, -0.15) is 0 Å². The van der Waals surface area contributed by atoms with Crippen molar-refractivity contribution < 1.29 is 4.74 Å². The monoisotopic (exact) mass is 246 g/mol. The minimum atomic E-state index is 0.106. The summed E-state index contributed by atoms with van der Waals surface area (Å²) in [6.07, 6.45) is 3.00. The summed E-state index contributed by atoms with van der Waals surface area (Å²) in [6, 6.07) is 6.58. The van der Waals surface area contributed by atoms with E-state index in [9.17, 15) is 0 Å². The molecule has 0 radical (unpaired) electrons. The molecule has 0 saturated heterocycles. The van der Waals surface area contributed by atoms with Gasteiger partial charge in [0.1, 0.15) is 5.75 Å². The highest BCUT2D eigenvalue weighted by molar-refractivity contribution is 5.42. The van der Waals surface area contributed by atoms with E-state index in [1.807, 2.05) is 13.0 Å². The van der Waals surface area contributed by atoms with Crippen molar-refractivity contribution in [2.45, 2.75) is 52.4 Å². The van der Waals surface area contributed by atoms with E-state index in [1.54, 1.807) is 0 Å². The third-order valence-electron chi connectivity index (χ3n) is 3.20. The lowest BCUT2D eigenvalue weighted by Crippen LogP contribution is -2.14. The van der Waals surface area contributed by atoms with Gasteiger partial charge in [0.15, 0.2) is 0 Å². The Morgan fingerprint density at radius 2 is 2.00 bits per heavy atom. The van der Waals surface area contributed by atoms with Crippen molar-refractivity contribution in [3.05, 3.63) is 42.0 Å². The lowest BCUT2D eigenvalue weighted by atomic mass is 9.83. The van der Waals surface area contributed by atoms with Gasteiger partial charge in [0, 0.05) is 0 Å². The van der Waals surface area contributed by atoms with Crippen molar-refractivity contribution in [3.8, 4) is 5.75 Å². The summed E-state index contributed by atoms with van der Waals surface area (Å²) < 4.78 is 5.74. The maximum absolute atomic E-state index is 5.74. The number of allylic oxidation sites excluding steroid dienone is 1. The second kappa shape index (κ2) is 6.08. The summed E-state index contributed by atoms with van der Waals surface area (Å²) in [6.45, 7) is 15.5. The first-order valence-corrected chi connectivity index (χ1v) is 6.78. The second-order valence-corrected chi connectivity index (χ2v) is 5.86. The summed E-state index contributed by atoms with van der Waals surface area (Å²) in [5.74, 6) is 1.53.